The molecule has 2 aromatic carbocycles. The molecule has 146 valence electrons. The number of aryl methyl sites for hydroxylation is 1. The molecule has 0 radical (unpaired) electrons. The van der Waals surface area contributed by atoms with Gasteiger partial charge in [-0.2, -0.15) is 0 Å². The molecular formula is C23H26N2O2S. The van der Waals surface area contributed by atoms with Crippen molar-refractivity contribution in [2.75, 3.05) is 0 Å². The van der Waals surface area contributed by atoms with Crippen molar-refractivity contribution in [1.82, 2.24) is 10.2 Å². The van der Waals surface area contributed by atoms with E-state index in [0.29, 0.717) is 0 Å². The van der Waals surface area contributed by atoms with E-state index in [4.69, 9.17) is 0 Å². The molecule has 4 rings (SSSR count). The van der Waals surface area contributed by atoms with Crippen molar-refractivity contribution in [2.24, 2.45) is 0 Å². The van der Waals surface area contributed by atoms with E-state index in [-0.39, 0.29) is 28.0 Å². The normalized spacial score (nSPS) is 23.2. The van der Waals surface area contributed by atoms with E-state index in [1.807, 2.05) is 49.4 Å². The van der Waals surface area contributed by atoms with E-state index in [2.05, 4.69) is 31.3 Å². The Labute approximate surface area is 170 Å². The standard InChI is InChI=1S/C23H26N2O2S/c1-15(13-14-16-9-5-4-6-10-16)24-20(26)19-23(2,3)28-22-18-12-8-7-11-17(18)21(27)25(19)22/h4-12,15,19,22H,13-14H2,1-3H3,(H,24,26)/t15-,19+,22-/m0/s1. The molecule has 2 amide bonds. The number of rotatable bonds is 5. The number of hydrogen-bond acceptors (Lipinski definition) is 3. The molecule has 1 fully saturated rings. The van der Waals surface area contributed by atoms with E-state index in [1.54, 1.807) is 16.7 Å². The van der Waals surface area contributed by atoms with Crippen LogP contribution in [0.5, 0.6) is 0 Å². The van der Waals surface area contributed by atoms with Gasteiger partial charge < -0.3 is 10.2 Å². The lowest BCUT2D eigenvalue weighted by molar-refractivity contribution is -0.126. The van der Waals surface area contributed by atoms with Gasteiger partial charge in [0.25, 0.3) is 5.91 Å². The number of carbonyl (C=O) groups is 2. The topological polar surface area (TPSA) is 49.4 Å². The van der Waals surface area contributed by atoms with Crippen molar-refractivity contribution in [2.45, 2.75) is 55.8 Å². The van der Waals surface area contributed by atoms with Gasteiger partial charge in [-0.05, 0) is 50.8 Å². The molecule has 0 saturated carbocycles. The molecule has 3 atom stereocenters. The zero-order chi connectivity index (χ0) is 19.9. The second kappa shape index (κ2) is 7.28. The highest BCUT2D eigenvalue weighted by molar-refractivity contribution is 8.01. The number of nitrogens with one attached hydrogen (secondary N) is 1. The van der Waals surface area contributed by atoms with Crippen LogP contribution in [-0.2, 0) is 11.2 Å². The van der Waals surface area contributed by atoms with Crippen molar-refractivity contribution in [3.05, 3.63) is 71.3 Å². The fourth-order valence-corrected chi connectivity index (χ4v) is 5.81. The Kier molecular flexibility index (Phi) is 4.96. The fourth-order valence-electron chi connectivity index (χ4n) is 4.23. The first-order valence-corrected chi connectivity index (χ1v) is 10.7. The minimum Gasteiger partial charge on any atom is -0.352 e. The Balaban J connectivity index is 1.47. The predicted molar refractivity (Wildman–Crippen MR) is 113 cm³/mol. The summed E-state index contributed by atoms with van der Waals surface area (Å²) in [5.74, 6) is -0.0857. The van der Waals surface area contributed by atoms with Gasteiger partial charge in [0.05, 0.1) is 0 Å². The molecule has 2 heterocycles. The molecule has 0 aliphatic carbocycles. The molecule has 1 N–H and O–H groups in total. The number of hydrogen-bond donors (Lipinski definition) is 1. The average molecular weight is 395 g/mol. The maximum Gasteiger partial charge on any atom is 0.256 e. The zero-order valence-electron chi connectivity index (χ0n) is 16.5. The third-order valence-electron chi connectivity index (χ3n) is 5.64. The Bertz CT molecular complexity index is 896. The van der Waals surface area contributed by atoms with E-state index < -0.39 is 6.04 Å². The highest BCUT2D eigenvalue weighted by Gasteiger charge is 2.57. The van der Waals surface area contributed by atoms with Gasteiger partial charge in [0, 0.05) is 16.4 Å². The highest BCUT2D eigenvalue weighted by Crippen LogP contribution is 2.56. The summed E-state index contributed by atoms with van der Waals surface area (Å²) in [5.41, 5.74) is 3.02. The highest BCUT2D eigenvalue weighted by atomic mass is 32.2. The SMILES string of the molecule is C[C@@H](CCc1ccccc1)NC(=O)[C@H]1N2C(=O)c3ccccc3[C@@H]2SC1(C)C. The minimum absolute atomic E-state index is 0.0317. The van der Waals surface area contributed by atoms with Crippen LogP contribution in [-0.4, -0.2) is 33.5 Å². The van der Waals surface area contributed by atoms with Crippen LogP contribution in [0.4, 0.5) is 0 Å². The van der Waals surface area contributed by atoms with Crippen LogP contribution in [0.3, 0.4) is 0 Å². The summed E-state index contributed by atoms with van der Waals surface area (Å²) in [6, 6.07) is 17.6. The number of thioether (sulfide) groups is 1. The van der Waals surface area contributed by atoms with Gasteiger partial charge in [-0.3, -0.25) is 9.59 Å². The lowest BCUT2D eigenvalue weighted by Gasteiger charge is -2.30. The largest absolute Gasteiger partial charge is 0.352 e. The first kappa shape index (κ1) is 19.1. The van der Waals surface area contributed by atoms with Crippen LogP contribution in [0.25, 0.3) is 0 Å². The van der Waals surface area contributed by atoms with Crippen molar-refractivity contribution in [3.8, 4) is 0 Å². The zero-order valence-corrected chi connectivity index (χ0v) is 17.3. The molecule has 28 heavy (non-hydrogen) atoms. The first-order valence-electron chi connectivity index (χ1n) is 9.82. The second-order valence-electron chi connectivity index (χ2n) is 8.21. The maximum absolute atomic E-state index is 13.2. The number of nitrogens with zero attached hydrogens (tertiary/aromatic N) is 1. The smallest absolute Gasteiger partial charge is 0.256 e. The van der Waals surface area contributed by atoms with Gasteiger partial charge in [0.15, 0.2) is 0 Å². The Morgan fingerprint density at radius 2 is 1.82 bits per heavy atom. The summed E-state index contributed by atoms with van der Waals surface area (Å²) in [4.78, 5) is 28.0. The van der Waals surface area contributed by atoms with Gasteiger partial charge in [0.2, 0.25) is 5.91 Å². The third-order valence-corrected chi connectivity index (χ3v) is 7.18. The summed E-state index contributed by atoms with van der Waals surface area (Å²) in [6.07, 6.45) is 1.79. The molecule has 1 saturated heterocycles. The van der Waals surface area contributed by atoms with E-state index in [1.165, 1.54) is 5.56 Å². The van der Waals surface area contributed by atoms with Crippen LogP contribution < -0.4 is 5.32 Å². The molecule has 0 aromatic heterocycles. The Morgan fingerprint density at radius 3 is 2.57 bits per heavy atom. The van der Waals surface area contributed by atoms with E-state index in [0.717, 1.165) is 24.0 Å². The molecule has 0 spiro atoms. The van der Waals surface area contributed by atoms with Gasteiger partial charge in [-0.25, -0.2) is 0 Å². The van der Waals surface area contributed by atoms with Gasteiger partial charge in [-0.15, -0.1) is 11.8 Å². The van der Waals surface area contributed by atoms with Crippen LogP contribution in [0.15, 0.2) is 54.6 Å². The predicted octanol–water partition coefficient (Wildman–Crippen LogP) is 4.17. The molecule has 5 heteroatoms. The van der Waals surface area contributed by atoms with Gasteiger partial charge >= 0.3 is 0 Å². The fraction of sp³-hybridized carbons (Fsp3) is 0.391. The van der Waals surface area contributed by atoms with Crippen LogP contribution in [0.1, 0.15) is 54.1 Å². The number of benzene rings is 2. The number of amides is 2. The molecule has 0 bridgehead atoms. The molecule has 2 aliphatic rings. The lowest BCUT2D eigenvalue weighted by atomic mass is 9.99. The molecular weight excluding hydrogens is 368 g/mol. The molecule has 0 unspecified atom stereocenters. The Morgan fingerprint density at radius 1 is 1.14 bits per heavy atom. The lowest BCUT2D eigenvalue weighted by Crippen LogP contribution is -2.54. The monoisotopic (exact) mass is 394 g/mol. The van der Waals surface area contributed by atoms with Crippen LogP contribution >= 0.6 is 11.8 Å². The van der Waals surface area contributed by atoms with Crippen molar-refractivity contribution < 1.29 is 9.59 Å². The number of carbonyl (C=O) groups excluding carboxylic acids is 2. The first-order chi connectivity index (χ1) is 13.4. The van der Waals surface area contributed by atoms with E-state index >= 15 is 0 Å². The van der Waals surface area contributed by atoms with Gasteiger partial charge in [-0.1, -0.05) is 48.5 Å². The van der Waals surface area contributed by atoms with Crippen molar-refractivity contribution >= 4 is 23.6 Å². The maximum atomic E-state index is 13.2. The summed E-state index contributed by atoms with van der Waals surface area (Å²) < 4.78 is -0.336. The van der Waals surface area contributed by atoms with Crippen LogP contribution in [0, 0.1) is 0 Å². The van der Waals surface area contributed by atoms with Gasteiger partial charge in [0.1, 0.15) is 11.4 Å². The third kappa shape index (κ3) is 3.32. The average Bonchev–Trinajstić information content (AvgIpc) is 3.11. The summed E-state index contributed by atoms with van der Waals surface area (Å²) in [6.45, 7) is 6.16. The number of fused-ring (bicyclic) bond motifs is 3. The van der Waals surface area contributed by atoms with Crippen LogP contribution in [0.2, 0.25) is 0 Å². The summed E-state index contributed by atoms with van der Waals surface area (Å²) in [7, 11) is 0. The summed E-state index contributed by atoms with van der Waals surface area (Å²) in [5, 5.41) is 3.09. The van der Waals surface area contributed by atoms with E-state index in [9.17, 15) is 9.59 Å². The molecule has 2 aliphatic heterocycles. The summed E-state index contributed by atoms with van der Waals surface area (Å²) >= 11 is 1.70. The van der Waals surface area contributed by atoms with Crippen molar-refractivity contribution in [3.63, 3.8) is 0 Å². The molecule has 4 nitrogen and oxygen atoms in total. The molecule has 2 aromatic rings. The minimum atomic E-state index is -0.471. The quantitative estimate of drug-likeness (QED) is 0.828. The second-order valence-corrected chi connectivity index (χ2v) is 9.94. The Hall–Kier alpha value is -2.27. The van der Waals surface area contributed by atoms with Crippen molar-refractivity contribution in [1.29, 1.82) is 0 Å².